The van der Waals surface area contributed by atoms with Crippen LogP contribution in [0.2, 0.25) is 0 Å². The van der Waals surface area contributed by atoms with Gasteiger partial charge in [0.25, 0.3) is 0 Å². The number of phosphoric acid groups is 1. The summed E-state index contributed by atoms with van der Waals surface area (Å²) >= 11 is 0. The predicted molar refractivity (Wildman–Crippen MR) is 111 cm³/mol. The van der Waals surface area contributed by atoms with Crippen LogP contribution in [0.1, 0.15) is 15.9 Å². The van der Waals surface area contributed by atoms with Crippen molar-refractivity contribution in [2.45, 2.75) is 0 Å². The molecule has 0 N–H and O–H groups in total. The fraction of sp³-hybridized carbons (Fsp3) is 0.136. The minimum absolute atomic E-state index is 0. The number of carbonyl (C=O) groups excluding carboxylic acids is 1. The third kappa shape index (κ3) is 6.28. The first-order valence-electron chi connectivity index (χ1n) is 9.07. The van der Waals surface area contributed by atoms with Gasteiger partial charge in [-0.05, 0) is 36.4 Å². The van der Waals surface area contributed by atoms with Crippen molar-refractivity contribution in [1.82, 2.24) is 0 Å². The normalized spacial score (nSPS) is 12.0. The van der Waals surface area contributed by atoms with E-state index in [0.29, 0.717) is 11.3 Å². The van der Waals surface area contributed by atoms with Crippen molar-refractivity contribution in [2.24, 2.45) is 0 Å². The van der Waals surface area contributed by atoms with Crippen LogP contribution in [0.15, 0.2) is 66.7 Å². The quantitative estimate of drug-likeness (QED) is 0.260. The first-order valence-corrected chi connectivity index (χ1v) is 10.5. The minimum atomic E-state index is -4.76. The van der Waals surface area contributed by atoms with Gasteiger partial charge in [-0.1, -0.05) is 18.2 Å². The molecule has 0 spiro atoms. The molecule has 0 saturated carbocycles. The number of ether oxygens (including phenoxy) is 3. The van der Waals surface area contributed by atoms with Crippen molar-refractivity contribution in [3.05, 3.63) is 77.9 Å². The van der Waals surface area contributed by atoms with Crippen LogP contribution in [-0.2, 0) is 4.57 Å². The number of para-hydroxylation sites is 1. The molecule has 3 aromatic rings. The van der Waals surface area contributed by atoms with Gasteiger partial charge in [0.05, 0.1) is 21.3 Å². The van der Waals surface area contributed by atoms with Gasteiger partial charge in [-0.25, -0.2) is 4.57 Å². The van der Waals surface area contributed by atoms with Gasteiger partial charge >= 0.3 is 37.4 Å². The molecule has 1 unspecified atom stereocenters. The molecule has 10 heteroatoms. The van der Waals surface area contributed by atoms with Crippen LogP contribution in [-0.4, -0.2) is 27.1 Å². The molecular formula is C22H20NaO8P. The van der Waals surface area contributed by atoms with Crippen LogP contribution >= 0.6 is 7.82 Å². The molecule has 0 aliphatic carbocycles. The summed E-state index contributed by atoms with van der Waals surface area (Å²) in [4.78, 5) is 25.4. The molecule has 0 amide bonds. The van der Waals surface area contributed by atoms with E-state index in [2.05, 4.69) is 0 Å². The summed E-state index contributed by atoms with van der Waals surface area (Å²) in [5, 5.41) is 0. The van der Waals surface area contributed by atoms with Crippen LogP contribution in [0.25, 0.3) is 0 Å². The average Bonchev–Trinajstić information content (AvgIpc) is 2.78. The predicted octanol–water partition coefficient (Wildman–Crippen LogP) is 0.874. The molecule has 1 atom stereocenters. The standard InChI is InChI=1S/C22H21O8P.Na/c1-26-16-11-9-15(10-12-16)22(23)21-19(27-2)13-18(14-20(21)28-3)30-31(24,25)29-17-7-5-4-6-8-17;/h4-14H,1-3H3,(H,24,25);/q;+1/p-1. The summed E-state index contributed by atoms with van der Waals surface area (Å²) in [5.74, 6) is 0.350. The van der Waals surface area contributed by atoms with Crippen molar-refractivity contribution in [2.75, 3.05) is 21.3 Å². The van der Waals surface area contributed by atoms with Gasteiger partial charge in [-0.2, -0.15) is 0 Å². The number of carbonyl (C=O) groups is 1. The maximum absolute atomic E-state index is 13.1. The molecule has 0 radical (unpaired) electrons. The zero-order valence-electron chi connectivity index (χ0n) is 18.1. The average molecular weight is 466 g/mol. The van der Waals surface area contributed by atoms with Gasteiger partial charge in [-0.3, -0.25) is 4.79 Å². The molecule has 0 saturated heterocycles. The second-order valence-electron chi connectivity index (χ2n) is 6.20. The molecule has 0 fully saturated rings. The van der Waals surface area contributed by atoms with Crippen LogP contribution in [0.5, 0.6) is 28.7 Å². The number of ketones is 1. The fourth-order valence-electron chi connectivity index (χ4n) is 2.81. The van der Waals surface area contributed by atoms with Crippen LogP contribution < -0.4 is 57.7 Å². The van der Waals surface area contributed by atoms with Gasteiger partial charge < -0.3 is 28.2 Å². The van der Waals surface area contributed by atoms with Crippen molar-refractivity contribution in [3.63, 3.8) is 0 Å². The number of rotatable bonds is 9. The molecule has 0 bridgehead atoms. The third-order valence-electron chi connectivity index (χ3n) is 4.24. The topological polar surface area (TPSA) is 103 Å². The third-order valence-corrected chi connectivity index (χ3v) is 5.11. The van der Waals surface area contributed by atoms with E-state index >= 15 is 0 Å². The Balaban J connectivity index is 0.00000363. The molecule has 0 aliphatic heterocycles. The monoisotopic (exact) mass is 466 g/mol. The van der Waals surface area contributed by atoms with E-state index in [0.717, 1.165) is 0 Å². The summed E-state index contributed by atoms with van der Waals surface area (Å²) in [6, 6.07) is 17.0. The molecule has 0 heterocycles. The van der Waals surface area contributed by atoms with E-state index in [1.807, 2.05) is 0 Å². The zero-order chi connectivity index (χ0) is 22.4. The zero-order valence-corrected chi connectivity index (χ0v) is 21.0. The number of hydrogen-bond donors (Lipinski definition) is 0. The largest absolute Gasteiger partial charge is 1.00 e. The molecule has 0 aliphatic rings. The van der Waals surface area contributed by atoms with Crippen molar-refractivity contribution < 1.29 is 67.1 Å². The van der Waals surface area contributed by atoms with Crippen molar-refractivity contribution >= 4 is 13.6 Å². The van der Waals surface area contributed by atoms with E-state index in [4.69, 9.17) is 23.3 Å². The van der Waals surface area contributed by atoms with Crippen molar-refractivity contribution in [3.8, 4) is 28.7 Å². The van der Waals surface area contributed by atoms with Crippen LogP contribution in [0.4, 0.5) is 0 Å². The maximum atomic E-state index is 13.1. The smallest absolute Gasteiger partial charge is 0.736 e. The fourth-order valence-corrected chi connectivity index (χ4v) is 3.59. The first-order chi connectivity index (χ1) is 14.9. The molecule has 0 aromatic heterocycles. The van der Waals surface area contributed by atoms with E-state index < -0.39 is 7.82 Å². The van der Waals surface area contributed by atoms with Gasteiger partial charge in [0.2, 0.25) is 5.78 Å². The summed E-state index contributed by atoms with van der Waals surface area (Å²) in [7, 11) is -0.542. The Morgan fingerprint density at radius 1 is 0.750 bits per heavy atom. The van der Waals surface area contributed by atoms with E-state index in [1.54, 1.807) is 42.5 Å². The minimum Gasteiger partial charge on any atom is -0.736 e. The number of methoxy groups -OCH3 is 3. The Labute approximate surface area is 207 Å². The Morgan fingerprint density at radius 3 is 1.78 bits per heavy atom. The molecule has 3 aromatic carbocycles. The number of phosphoric ester groups is 1. The maximum Gasteiger partial charge on any atom is 1.00 e. The first kappa shape index (κ1) is 25.8. The Hall–Kier alpha value is -2.48. The summed E-state index contributed by atoms with van der Waals surface area (Å²) in [6.45, 7) is 0. The van der Waals surface area contributed by atoms with Gasteiger partial charge in [0.15, 0.2) is 0 Å². The van der Waals surface area contributed by atoms with Crippen LogP contribution in [0.3, 0.4) is 0 Å². The summed E-state index contributed by atoms with van der Waals surface area (Å²) < 4.78 is 38.0. The summed E-state index contributed by atoms with van der Waals surface area (Å²) in [6.07, 6.45) is 0. The van der Waals surface area contributed by atoms with Gasteiger partial charge in [0, 0.05) is 17.7 Å². The van der Waals surface area contributed by atoms with E-state index in [1.165, 1.54) is 45.6 Å². The molecule has 32 heavy (non-hydrogen) atoms. The second-order valence-corrected chi connectivity index (χ2v) is 7.46. The Bertz CT molecular complexity index is 1080. The summed E-state index contributed by atoms with van der Waals surface area (Å²) in [5.41, 5.74) is 0.486. The van der Waals surface area contributed by atoms with Crippen LogP contribution in [0, 0.1) is 0 Å². The molecular weight excluding hydrogens is 446 g/mol. The van der Waals surface area contributed by atoms with Gasteiger partial charge in [0.1, 0.15) is 34.3 Å². The number of hydrogen-bond acceptors (Lipinski definition) is 8. The Kier molecular flexibility index (Phi) is 9.19. The second kappa shape index (κ2) is 11.4. The SMILES string of the molecule is COc1ccc(C(=O)c2c(OC)cc(OP(=O)([O-])Oc3ccccc3)cc2OC)cc1.[Na+]. The van der Waals surface area contributed by atoms with Crippen molar-refractivity contribution in [1.29, 1.82) is 0 Å². The molecule has 162 valence electrons. The van der Waals surface area contributed by atoms with E-state index in [-0.39, 0.29) is 63.9 Å². The van der Waals surface area contributed by atoms with E-state index in [9.17, 15) is 14.3 Å². The Morgan fingerprint density at radius 2 is 1.28 bits per heavy atom. The molecule has 3 rings (SSSR count). The number of benzene rings is 3. The van der Waals surface area contributed by atoms with Gasteiger partial charge in [-0.15, -0.1) is 0 Å². The molecule has 8 nitrogen and oxygen atoms in total.